The van der Waals surface area contributed by atoms with Gasteiger partial charge in [-0.3, -0.25) is 9.59 Å². The lowest BCUT2D eigenvalue weighted by Gasteiger charge is -2.09. The van der Waals surface area contributed by atoms with Crippen LogP contribution in [-0.2, 0) is 9.59 Å². The normalized spacial score (nSPS) is 18.6. The van der Waals surface area contributed by atoms with E-state index >= 15 is 0 Å². The number of hydrogen-bond acceptors (Lipinski definition) is 3. The van der Waals surface area contributed by atoms with E-state index in [1.54, 1.807) is 18.2 Å². The summed E-state index contributed by atoms with van der Waals surface area (Å²) in [5, 5.41) is 7.61. The second-order valence-electron chi connectivity index (χ2n) is 6.10. The quantitative estimate of drug-likeness (QED) is 0.760. The van der Waals surface area contributed by atoms with Gasteiger partial charge in [0.25, 0.3) is 0 Å². The van der Waals surface area contributed by atoms with E-state index in [1.807, 2.05) is 6.92 Å². The monoisotopic (exact) mass is 349 g/mol. The molecule has 2 N–H and O–H groups in total. The van der Waals surface area contributed by atoms with E-state index in [1.165, 1.54) is 0 Å². The van der Waals surface area contributed by atoms with E-state index in [9.17, 15) is 9.59 Å². The average Bonchev–Trinajstić information content (AvgIpc) is 3.03. The summed E-state index contributed by atoms with van der Waals surface area (Å²) in [6.45, 7) is 3.97. The molecule has 0 aromatic heterocycles. The van der Waals surface area contributed by atoms with Crippen molar-refractivity contribution in [3.63, 3.8) is 0 Å². The molecule has 0 saturated heterocycles. The van der Waals surface area contributed by atoms with Gasteiger partial charge in [-0.25, -0.2) is 5.43 Å². The van der Waals surface area contributed by atoms with Crippen molar-refractivity contribution >= 4 is 34.8 Å². The highest BCUT2D eigenvalue weighted by Gasteiger charge is 2.21. The molecule has 0 aliphatic heterocycles. The molecule has 130 valence electrons. The molecular formula is C18H24ClN3O2. The number of benzene rings is 1. The van der Waals surface area contributed by atoms with E-state index in [-0.39, 0.29) is 24.7 Å². The van der Waals surface area contributed by atoms with Crippen molar-refractivity contribution in [1.82, 2.24) is 5.43 Å². The first-order valence-corrected chi connectivity index (χ1v) is 8.79. The first-order valence-electron chi connectivity index (χ1n) is 8.41. The number of carbonyl (C=O) groups excluding carboxylic acids is 2. The van der Waals surface area contributed by atoms with Crippen LogP contribution in [0.1, 0.15) is 51.0 Å². The summed E-state index contributed by atoms with van der Waals surface area (Å²) in [6, 6.07) is 5.33. The summed E-state index contributed by atoms with van der Waals surface area (Å²) >= 11 is 6.02. The Morgan fingerprint density at radius 1 is 1.29 bits per heavy atom. The van der Waals surface area contributed by atoms with Gasteiger partial charge in [0.1, 0.15) is 0 Å². The number of nitrogens with zero attached hydrogens (tertiary/aromatic N) is 1. The molecule has 1 unspecified atom stereocenters. The van der Waals surface area contributed by atoms with Crippen molar-refractivity contribution in [2.24, 2.45) is 11.0 Å². The zero-order valence-corrected chi connectivity index (χ0v) is 14.9. The summed E-state index contributed by atoms with van der Waals surface area (Å²) < 4.78 is 0. The Kier molecular flexibility index (Phi) is 6.79. The summed E-state index contributed by atoms with van der Waals surface area (Å²) in [6.07, 6.45) is 4.50. The SMILES string of the molecule is CCC1CCC/C1=N\NC(=O)CCC(=O)Nc1cccc(Cl)c1C. The third kappa shape index (κ3) is 5.06. The molecule has 0 bridgehead atoms. The molecule has 0 heterocycles. The lowest BCUT2D eigenvalue weighted by Crippen LogP contribution is -2.23. The highest BCUT2D eigenvalue weighted by Crippen LogP contribution is 2.25. The lowest BCUT2D eigenvalue weighted by atomic mass is 10.0. The maximum atomic E-state index is 12.0. The summed E-state index contributed by atoms with van der Waals surface area (Å²) in [5.41, 5.74) is 5.14. The van der Waals surface area contributed by atoms with Crippen LogP contribution < -0.4 is 10.7 Å². The van der Waals surface area contributed by atoms with Gasteiger partial charge in [-0.2, -0.15) is 5.10 Å². The Morgan fingerprint density at radius 3 is 2.79 bits per heavy atom. The molecule has 0 radical (unpaired) electrons. The molecule has 1 aromatic rings. The maximum absolute atomic E-state index is 12.0. The fourth-order valence-electron chi connectivity index (χ4n) is 2.86. The minimum atomic E-state index is -0.234. The number of halogens is 1. The molecule has 2 amide bonds. The predicted molar refractivity (Wildman–Crippen MR) is 97.3 cm³/mol. The van der Waals surface area contributed by atoms with Crippen LogP contribution in [0.4, 0.5) is 5.69 Å². The minimum Gasteiger partial charge on any atom is -0.326 e. The molecule has 24 heavy (non-hydrogen) atoms. The van der Waals surface area contributed by atoms with Gasteiger partial charge < -0.3 is 5.32 Å². The number of carbonyl (C=O) groups is 2. The van der Waals surface area contributed by atoms with Gasteiger partial charge in [0.2, 0.25) is 11.8 Å². The predicted octanol–water partition coefficient (Wildman–Crippen LogP) is 4.05. The number of hydrogen-bond donors (Lipinski definition) is 2. The first kappa shape index (κ1) is 18.5. The Morgan fingerprint density at radius 2 is 2.04 bits per heavy atom. The highest BCUT2D eigenvalue weighted by atomic mass is 35.5. The Hall–Kier alpha value is -1.88. The average molecular weight is 350 g/mol. The van der Waals surface area contributed by atoms with Gasteiger partial charge in [0.15, 0.2) is 0 Å². The maximum Gasteiger partial charge on any atom is 0.240 e. The van der Waals surface area contributed by atoms with Crippen LogP contribution in [0.25, 0.3) is 0 Å². The molecule has 1 fully saturated rings. The molecule has 6 heteroatoms. The van der Waals surface area contributed by atoms with Crippen LogP contribution in [0.2, 0.25) is 5.02 Å². The number of anilines is 1. The third-order valence-corrected chi connectivity index (χ3v) is 4.80. The van der Waals surface area contributed by atoms with Crippen molar-refractivity contribution < 1.29 is 9.59 Å². The van der Waals surface area contributed by atoms with Gasteiger partial charge in [-0.05, 0) is 56.2 Å². The van der Waals surface area contributed by atoms with E-state index in [2.05, 4.69) is 22.8 Å². The zero-order chi connectivity index (χ0) is 17.5. The van der Waals surface area contributed by atoms with Crippen LogP contribution in [0.5, 0.6) is 0 Å². The van der Waals surface area contributed by atoms with E-state index in [0.29, 0.717) is 16.6 Å². The van der Waals surface area contributed by atoms with Crippen LogP contribution >= 0.6 is 11.6 Å². The van der Waals surface area contributed by atoms with Crippen LogP contribution in [0.3, 0.4) is 0 Å². The first-order chi connectivity index (χ1) is 11.5. The molecule has 5 nitrogen and oxygen atoms in total. The molecular weight excluding hydrogens is 326 g/mol. The Bertz CT molecular complexity index is 643. The molecule has 0 spiro atoms. The van der Waals surface area contributed by atoms with Crippen molar-refractivity contribution in [1.29, 1.82) is 0 Å². The van der Waals surface area contributed by atoms with Gasteiger partial charge in [-0.15, -0.1) is 0 Å². The van der Waals surface area contributed by atoms with Crippen molar-refractivity contribution in [2.45, 2.75) is 52.4 Å². The molecule has 1 saturated carbocycles. The van der Waals surface area contributed by atoms with Crippen LogP contribution in [-0.4, -0.2) is 17.5 Å². The standard InChI is InChI=1S/C18H24ClN3O2/c1-3-13-6-4-9-16(13)21-22-18(24)11-10-17(23)20-15-8-5-7-14(19)12(15)2/h5,7-8,13H,3-4,6,9-11H2,1-2H3,(H,20,23)(H,22,24)/b21-16+. The summed E-state index contributed by atoms with van der Waals surface area (Å²) in [7, 11) is 0. The van der Waals surface area contributed by atoms with E-state index in [0.717, 1.165) is 37.0 Å². The molecule has 2 rings (SSSR count). The van der Waals surface area contributed by atoms with Crippen LogP contribution in [0, 0.1) is 12.8 Å². The molecule has 1 aromatic carbocycles. The van der Waals surface area contributed by atoms with E-state index < -0.39 is 0 Å². The van der Waals surface area contributed by atoms with Crippen molar-refractivity contribution in [3.05, 3.63) is 28.8 Å². The number of hydrazone groups is 1. The number of rotatable bonds is 6. The van der Waals surface area contributed by atoms with Crippen molar-refractivity contribution in [2.75, 3.05) is 5.32 Å². The summed E-state index contributed by atoms with van der Waals surface area (Å²) in [5.74, 6) is 0.0390. The number of nitrogens with one attached hydrogen (secondary N) is 2. The topological polar surface area (TPSA) is 70.6 Å². The molecule has 1 aliphatic carbocycles. The van der Waals surface area contributed by atoms with Gasteiger partial charge in [-0.1, -0.05) is 24.6 Å². The van der Waals surface area contributed by atoms with E-state index in [4.69, 9.17) is 11.6 Å². The Labute approximate surface area is 147 Å². The van der Waals surface area contributed by atoms with Gasteiger partial charge in [0, 0.05) is 29.3 Å². The Balaban J connectivity index is 1.78. The van der Waals surface area contributed by atoms with Gasteiger partial charge >= 0.3 is 0 Å². The fourth-order valence-corrected chi connectivity index (χ4v) is 3.03. The number of amides is 2. The zero-order valence-electron chi connectivity index (χ0n) is 14.2. The van der Waals surface area contributed by atoms with Crippen LogP contribution in [0.15, 0.2) is 23.3 Å². The molecule has 1 aliphatic rings. The second-order valence-corrected chi connectivity index (χ2v) is 6.50. The third-order valence-electron chi connectivity index (χ3n) is 4.39. The fraction of sp³-hybridized carbons (Fsp3) is 0.500. The summed E-state index contributed by atoms with van der Waals surface area (Å²) in [4.78, 5) is 23.8. The smallest absolute Gasteiger partial charge is 0.240 e. The second kappa shape index (κ2) is 8.83. The van der Waals surface area contributed by atoms with Crippen molar-refractivity contribution in [3.8, 4) is 0 Å². The lowest BCUT2D eigenvalue weighted by molar-refractivity contribution is -0.124. The molecule has 1 atom stereocenters. The largest absolute Gasteiger partial charge is 0.326 e. The van der Waals surface area contributed by atoms with Gasteiger partial charge in [0.05, 0.1) is 0 Å². The minimum absolute atomic E-state index is 0.110. The highest BCUT2D eigenvalue weighted by molar-refractivity contribution is 6.31.